The Bertz CT molecular complexity index is 699. The molecule has 0 saturated carbocycles. The molecule has 1 aliphatic rings. The third-order valence-corrected chi connectivity index (χ3v) is 3.56. The van der Waals surface area contributed by atoms with Crippen molar-refractivity contribution >= 4 is 16.6 Å². The highest BCUT2D eigenvalue weighted by molar-refractivity contribution is 5.81. The summed E-state index contributed by atoms with van der Waals surface area (Å²) in [6.45, 7) is 0.814. The van der Waals surface area contributed by atoms with Gasteiger partial charge < -0.3 is 15.0 Å². The number of rotatable bonds is 2. The van der Waals surface area contributed by atoms with Crippen LogP contribution in [0.2, 0.25) is 0 Å². The summed E-state index contributed by atoms with van der Waals surface area (Å²) in [6, 6.07) is 18.5. The average molecular weight is 250 g/mol. The molecule has 1 aromatic heterocycles. The van der Waals surface area contributed by atoms with Gasteiger partial charge in [-0.3, -0.25) is 0 Å². The molecule has 19 heavy (non-hydrogen) atoms. The number of aromatic amines is 1. The Kier molecular flexibility index (Phi) is 2.24. The Hall–Kier alpha value is -2.42. The molecule has 1 atom stereocenters. The SMILES string of the molecule is c1ccc2c(c1)NCC2Oc1cc2ccccc2[nH]1. The Morgan fingerprint density at radius 3 is 2.79 bits per heavy atom. The number of H-pyrrole nitrogens is 1. The van der Waals surface area contributed by atoms with E-state index in [0.717, 1.165) is 17.9 Å². The highest BCUT2D eigenvalue weighted by Crippen LogP contribution is 2.33. The Morgan fingerprint density at radius 2 is 1.84 bits per heavy atom. The second kappa shape index (κ2) is 4.05. The molecule has 3 aromatic rings. The van der Waals surface area contributed by atoms with E-state index in [1.165, 1.54) is 16.6 Å². The maximum atomic E-state index is 6.07. The molecule has 1 unspecified atom stereocenters. The zero-order valence-electron chi connectivity index (χ0n) is 10.4. The van der Waals surface area contributed by atoms with Gasteiger partial charge in [0.2, 0.25) is 0 Å². The van der Waals surface area contributed by atoms with E-state index in [-0.39, 0.29) is 6.10 Å². The van der Waals surface area contributed by atoms with Crippen LogP contribution in [0.15, 0.2) is 54.6 Å². The van der Waals surface area contributed by atoms with Gasteiger partial charge in [0.15, 0.2) is 5.88 Å². The Morgan fingerprint density at radius 1 is 1.00 bits per heavy atom. The smallest absolute Gasteiger partial charge is 0.192 e. The minimum Gasteiger partial charge on any atom is -0.469 e. The van der Waals surface area contributed by atoms with Crippen molar-refractivity contribution < 1.29 is 4.74 Å². The average Bonchev–Trinajstić information content (AvgIpc) is 3.03. The first-order chi connectivity index (χ1) is 9.40. The summed E-state index contributed by atoms with van der Waals surface area (Å²) in [5, 5.41) is 4.54. The summed E-state index contributed by atoms with van der Waals surface area (Å²) in [7, 11) is 0. The lowest BCUT2D eigenvalue weighted by Gasteiger charge is -2.11. The normalized spacial score (nSPS) is 17.2. The van der Waals surface area contributed by atoms with Crippen LogP contribution in [0.25, 0.3) is 10.9 Å². The third kappa shape index (κ3) is 1.74. The quantitative estimate of drug-likeness (QED) is 0.727. The fourth-order valence-electron chi connectivity index (χ4n) is 2.62. The molecule has 0 saturated heterocycles. The lowest BCUT2D eigenvalue weighted by atomic mass is 10.1. The molecule has 3 heteroatoms. The van der Waals surface area contributed by atoms with E-state index in [0.29, 0.717) is 0 Å². The summed E-state index contributed by atoms with van der Waals surface area (Å²) in [6.07, 6.45) is 0.0734. The number of hydrogen-bond acceptors (Lipinski definition) is 2. The van der Waals surface area contributed by atoms with Crippen LogP contribution < -0.4 is 10.1 Å². The van der Waals surface area contributed by atoms with Gasteiger partial charge in [-0.05, 0) is 12.1 Å². The Balaban J connectivity index is 1.65. The van der Waals surface area contributed by atoms with Crippen molar-refractivity contribution in [2.75, 3.05) is 11.9 Å². The lowest BCUT2D eigenvalue weighted by molar-refractivity contribution is 0.219. The largest absolute Gasteiger partial charge is 0.469 e. The predicted octanol–water partition coefficient (Wildman–Crippen LogP) is 3.71. The van der Waals surface area contributed by atoms with Gasteiger partial charge in [-0.15, -0.1) is 0 Å². The van der Waals surface area contributed by atoms with Crippen molar-refractivity contribution in [3.8, 4) is 5.88 Å². The van der Waals surface area contributed by atoms with Crippen molar-refractivity contribution in [2.45, 2.75) is 6.10 Å². The minimum atomic E-state index is 0.0734. The van der Waals surface area contributed by atoms with Crippen LogP contribution in [0.1, 0.15) is 11.7 Å². The number of anilines is 1. The van der Waals surface area contributed by atoms with Crippen LogP contribution in [-0.2, 0) is 0 Å². The first kappa shape index (κ1) is 10.5. The van der Waals surface area contributed by atoms with E-state index in [2.05, 4.69) is 40.6 Å². The van der Waals surface area contributed by atoms with Gasteiger partial charge in [-0.1, -0.05) is 36.4 Å². The van der Waals surface area contributed by atoms with E-state index < -0.39 is 0 Å². The molecule has 0 radical (unpaired) electrons. The van der Waals surface area contributed by atoms with E-state index >= 15 is 0 Å². The summed E-state index contributed by atoms with van der Waals surface area (Å²) >= 11 is 0. The second-order valence-electron chi connectivity index (χ2n) is 4.80. The van der Waals surface area contributed by atoms with E-state index in [4.69, 9.17) is 4.74 Å². The number of para-hydroxylation sites is 2. The number of aromatic nitrogens is 1. The van der Waals surface area contributed by atoms with Gasteiger partial charge in [0.25, 0.3) is 0 Å². The van der Waals surface area contributed by atoms with Crippen molar-refractivity contribution in [1.82, 2.24) is 4.98 Å². The first-order valence-electron chi connectivity index (χ1n) is 6.47. The molecular formula is C16H14N2O. The van der Waals surface area contributed by atoms with Crippen LogP contribution in [0.3, 0.4) is 0 Å². The van der Waals surface area contributed by atoms with Crippen molar-refractivity contribution in [3.63, 3.8) is 0 Å². The summed E-state index contributed by atoms with van der Waals surface area (Å²) < 4.78 is 6.07. The van der Waals surface area contributed by atoms with Crippen molar-refractivity contribution in [2.24, 2.45) is 0 Å². The summed E-state index contributed by atoms with van der Waals surface area (Å²) in [5.41, 5.74) is 3.50. The molecule has 1 aliphatic heterocycles. The van der Waals surface area contributed by atoms with Crippen LogP contribution in [0, 0.1) is 0 Å². The summed E-state index contributed by atoms with van der Waals surface area (Å²) in [5.74, 6) is 0.824. The predicted molar refractivity (Wildman–Crippen MR) is 76.6 cm³/mol. The first-order valence-corrected chi connectivity index (χ1v) is 6.47. The molecule has 2 aromatic carbocycles. The molecular weight excluding hydrogens is 236 g/mol. The standard InChI is InChI=1S/C16H14N2O/c1-3-7-13-11(5-1)9-16(18-13)19-15-10-17-14-8-4-2-6-12(14)15/h1-9,15,17-18H,10H2. The zero-order chi connectivity index (χ0) is 12.7. The molecule has 0 bridgehead atoms. The molecule has 2 heterocycles. The van der Waals surface area contributed by atoms with Crippen molar-refractivity contribution in [1.29, 1.82) is 0 Å². The number of hydrogen-bond donors (Lipinski definition) is 2. The number of benzene rings is 2. The molecule has 0 aliphatic carbocycles. The van der Waals surface area contributed by atoms with Crippen LogP contribution in [0.4, 0.5) is 5.69 Å². The maximum absolute atomic E-state index is 6.07. The Labute approximate surface area is 111 Å². The van der Waals surface area contributed by atoms with Gasteiger partial charge in [0.05, 0.1) is 6.54 Å². The number of fused-ring (bicyclic) bond motifs is 2. The number of nitrogens with one attached hydrogen (secondary N) is 2. The van der Waals surface area contributed by atoms with E-state index in [1.807, 2.05) is 24.3 Å². The summed E-state index contributed by atoms with van der Waals surface area (Å²) in [4.78, 5) is 3.30. The van der Waals surface area contributed by atoms with Crippen LogP contribution >= 0.6 is 0 Å². The monoisotopic (exact) mass is 250 g/mol. The van der Waals surface area contributed by atoms with Gasteiger partial charge in [0.1, 0.15) is 6.10 Å². The molecule has 0 spiro atoms. The van der Waals surface area contributed by atoms with Gasteiger partial charge in [-0.25, -0.2) is 0 Å². The molecule has 0 fully saturated rings. The van der Waals surface area contributed by atoms with Crippen molar-refractivity contribution in [3.05, 3.63) is 60.2 Å². The molecule has 3 nitrogen and oxygen atoms in total. The topological polar surface area (TPSA) is 37.0 Å². The molecule has 94 valence electrons. The molecule has 4 rings (SSSR count). The number of ether oxygens (including phenoxy) is 1. The fraction of sp³-hybridized carbons (Fsp3) is 0.125. The molecule has 2 N–H and O–H groups in total. The minimum absolute atomic E-state index is 0.0734. The highest BCUT2D eigenvalue weighted by atomic mass is 16.5. The highest BCUT2D eigenvalue weighted by Gasteiger charge is 2.23. The third-order valence-electron chi connectivity index (χ3n) is 3.56. The molecule has 0 amide bonds. The van der Waals surface area contributed by atoms with Gasteiger partial charge >= 0.3 is 0 Å². The van der Waals surface area contributed by atoms with E-state index in [1.54, 1.807) is 0 Å². The zero-order valence-corrected chi connectivity index (χ0v) is 10.4. The lowest BCUT2D eigenvalue weighted by Crippen LogP contribution is -2.09. The van der Waals surface area contributed by atoms with E-state index in [9.17, 15) is 0 Å². The second-order valence-corrected chi connectivity index (χ2v) is 4.80. The maximum Gasteiger partial charge on any atom is 0.192 e. The fourth-order valence-corrected chi connectivity index (χ4v) is 2.62. The van der Waals surface area contributed by atoms with Gasteiger partial charge in [0, 0.05) is 28.2 Å². The van der Waals surface area contributed by atoms with Gasteiger partial charge in [-0.2, -0.15) is 0 Å². The van der Waals surface area contributed by atoms with Crippen LogP contribution in [-0.4, -0.2) is 11.5 Å². The van der Waals surface area contributed by atoms with Crippen LogP contribution in [0.5, 0.6) is 5.88 Å².